The average molecular weight is 338 g/mol. The first-order chi connectivity index (χ1) is 10.6. The minimum Gasteiger partial charge on any atom is -0.381 e. The molecule has 0 bridgehead atoms. The summed E-state index contributed by atoms with van der Waals surface area (Å²) in [6.07, 6.45) is 1.04. The number of rotatable bonds is 3. The molecule has 0 unspecified atom stereocenters. The summed E-state index contributed by atoms with van der Waals surface area (Å²) in [4.78, 5) is 16.8. The van der Waals surface area contributed by atoms with Crippen LogP contribution in [0.25, 0.3) is 11.3 Å². The van der Waals surface area contributed by atoms with E-state index in [9.17, 15) is 4.79 Å². The number of anilines is 1. The van der Waals surface area contributed by atoms with Crippen molar-refractivity contribution in [1.29, 1.82) is 0 Å². The van der Waals surface area contributed by atoms with Crippen LogP contribution in [0.3, 0.4) is 0 Å². The van der Waals surface area contributed by atoms with Crippen LogP contribution in [0.1, 0.15) is 12.8 Å². The summed E-state index contributed by atoms with van der Waals surface area (Å²) >= 11 is 7.35. The predicted molar refractivity (Wildman–Crippen MR) is 88.2 cm³/mol. The van der Waals surface area contributed by atoms with Crippen molar-refractivity contribution < 1.29 is 9.53 Å². The lowest BCUT2D eigenvalue weighted by atomic mass is 9.90. The average Bonchev–Trinajstić information content (AvgIpc) is 2.96. The van der Waals surface area contributed by atoms with Crippen molar-refractivity contribution in [3.63, 3.8) is 0 Å². The molecular weight excluding hydrogens is 322 g/mol. The number of nitrogens with zero attached hydrogens (tertiary/aromatic N) is 1. The second kappa shape index (κ2) is 6.34. The molecule has 0 aliphatic carbocycles. The number of carbonyl (C=O) groups is 1. The summed E-state index contributed by atoms with van der Waals surface area (Å²) in [6.45, 7) is 1.02. The number of nitrogens with two attached hydrogens (primary N) is 1. The first-order valence-corrected chi connectivity index (χ1v) is 8.22. The van der Waals surface area contributed by atoms with Crippen LogP contribution >= 0.6 is 22.9 Å². The molecule has 5 nitrogen and oxygen atoms in total. The summed E-state index contributed by atoms with van der Waals surface area (Å²) in [5, 5.41) is 5.89. The Balaban J connectivity index is 1.73. The Hall–Kier alpha value is -1.47. The van der Waals surface area contributed by atoms with Gasteiger partial charge in [0.2, 0.25) is 5.91 Å². The Morgan fingerprint density at radius 1 is 1.41 bits per heavy atom. The summed E-state index contributed by atoms with van der Waals surface area (Å²) in [5.41, 5.74) is 6.97. The van der Waals surface area contributed by atoms with Gasteiger partial charge < -0.3 is 15.8 Å². The Bertz CT molecular complexity index is 683. The second-order valence-corrected chi connectivity index (χ2v) is 6.57. The van der Waals surface area contributed by atoms with Crippen LogP contribution in [0.2, 0.25) is 5.02 Å². The van der Waals surface area contributed by atoms with Crippen LogP contribution in [0.5, 0.6) is 0 Å². The van der Waals surface area contributed by atoms with E-state index in [0.29, 0.717) is 36.2 Å². The van der Waals surface area contributed by atoms with Gasteiger partial charge in [-0.2, -0.15) is 0 Å². The molecule has 1 fully saturated rings. The lowest BCUT2D eigenvalue weighted by Gasteiger charge is -2.31. The van der Waals surface area contributed by atoms with Gasteiger partial charge in [0.25, 0.3) is 0 Å². The number of hydrogen-bond acceptors (Lipinski definition) is 5. The molecule has 116 valence electrons. The summed E-state index contributed by atoms with van der Waals surface area (Å²) in [6, 6.07) is 7.44. The molecule has 1 aromatic heterocycles. The van der Waals surface area contributed by atoms with Crippen LogP contribution < -0.4 is 11.1 Å². The van der Waals surface area contributed by atoms with Gasteiger partial charge in [-0.25, -0.2) is 4.98 Å². The highest BCUT2D eigenvalue weighted by molar-refractivity contribution is 7.14. The quantitative estimate of drug-likeness (QED) is 0.902. The maximum atomic E-state index is 12.3. The molecule has 3 rings (SSSR count). The molecule has 22 heavy (non-hydrogen) atoms. The van der Waals surface area contributed by atoms with Crippen LogP contribution in [0.4, 0.5) is 5.13 Å². The van der Waals surface area contributed by atoms with Crippen molar-refractivity contribution in [2.75, 3.05) is 18.5 Å². The molecular formula is C15H16ClN3O2S. The van der Waals surface area contributed by atoms with Crippen molar-refractivity contribution in [1.82, 2.24) is 4.98 Å². The van der Waals surface area contributed by atoms with Crippen LogP contribution in [-0.2, 0) is 9.53 Å². The topological polar surface area (TPSA) is 77.2 Å². The van der Waals surface area contributed by atoms with E-state index in [1.165, 1.54) is 11.3 Å². The number of nitrogens with one attached hydrogen (secondary N) is 1. The molecule has 0 spiro atoms. The summed E-state index contributed by atoms with van der Waals surface area (Å²) in [7, 11) is 0. The third-order valence-corrected chi connectivity index (χ3v) is 4.68. The third kappa shape index (κ3) is 3.30. The zero-order valence-corrected chi connectivity index (χ0v) is 13.4. The van der Waals surface area contributed by atoms with Crippen LogP contribution in [0, 0.1) is 0 Å². The number of halogens is 1. The molecule has 1 amide bonds. The van der Waals surface area contributed by atoms with Gasteiger partial charge in [0.05, 0.1) is 5.69 Å². The molecule has 1 aliphatic heterocycles. The van der Waals surface area contributed by atoms with Crippen molar-refractivity contribution in [3.05, 3.63) is 34.7 Å². The third-order valence-electron chi connectivity index (χ3n) is 3.68. The minimum absolute atomic E-state index is 0.206. The van der Waals surface area contributed by atoms with Crippen molar-refractivity contribution in [2.24, 2.45) is 5.73 Å². The zero-order chi connectivity index (χ0) is 15.6. The van der Waals surface area contributed by atoms with Gasteiger partial charge in [0.15, 0.2) is 5.13 Å². The Labute approximate surface area is 137 Å². The lowest BCUT2D eigenvalue weighted by Crippen LogP contribution is -2.54. The lowest BCUT2D eigenvalue weighted by molar-refractivity contribution is -0.124. The number of ether oxygens (including phenoxy) is 1. The largest absolute Gasteiger partial charge is 0.381 e. The maximum absolute atomic E-state index is 12.3. The van der Waals surface area contributed by atoms with Gasteiger partial charge >= 0.3 is 0 Å². The van der Waals surface area contributed by atoms with E-state index in [4.69, 9.17) is 22.1 Å². The molecule has 2 aromatic rings. The summed E-state index contributed by atoms with van der Waals surface area (Å²) < 4.78 is 5.25. The number of aromatic nitrogens is 1. The van der Waals surface area contributed by atoms with E-state index >= 15 is 0 Å². The maximum Gasteiger partial charge on any atom is 0.246 e. The van der Waals surface area contributed by atoms with E-state index in [-0.39, 0.29) is 5.91 Å². The molecule has 3 N–H and O–H groups in total. The van der Waals surface area contributed by atoms with Gasteiger partial charge in [0, 0.05) is 29.2 Å². The molecule has 1 aromatic carbocycles. The number of benzene rings is 1. The number of carbonyl (C=O) groups excluding carboxylic acids is 1. The minimum atomic E-state index is -0.875. The van der Waals surface area contributed by atoms with E-state index < -0.39 is 5.54 Å². The van der Waals surface area contributed by atoms with Crippen molar-refractivity contribution >= 4 is 34.0 Å². The summed E-state index contributed by atoms with van der Waals surface area (Å²) in [5.74, 6) is -0.206. The number of amides is 1. The van der Waals surface area contributed by atoms with Crippen LogP contribution in [0.15, 0.2) is 29.6 Å². The first kappa shape index (κ1) is 15.4. The fourth-order valence-electron chi connectivity index (χ4n) is 2.30. The van der Waals surface area contributed by atoms with Crippen molar-refractivity contribution in [3.8, 4) is 11.3 Å². The highest BCUT2D eigenvalue weighted by Crippen LogP contribution is 2.28. The fourth-order valence-corrected chi connectivity index (χ4v) is 3.20. The monoisotopic (exact) mass is 337 g/mol. The Kier molecular flexibility index (Phi) is 4.44. The normalized spacial score (nSPS) is 17.2. The molecule has 2 heterocycles. The van der Waals surface area contributed by atoms with Gasteiger partial charge in [-0.05, 0) is 25.0 Å². The molecule has 0 atom stereocenters. The molecule has 1 aliphatic rings. The van der Waals surface area contributed by atoms with E-state index in [1.807, 2.05) is 29.6 Å². The number of thiazole rings is 1. The van der Waals surface area contributed by atoms with Crippen molar-refractivity contribution in [2.45, 2.75) is 18.4 Å². The Morgan fingerprint density at radius 2 is 2.18 bits per heavy atom. The zero-order valence-electron chi connectivity index (χ0n) is 11.8. The molecule has 0 saturated carbocycles. The first-order valence-electron chi connectivity index (χ1n) is 6.96. The van der Waals surface area contributed by atoms with E-state index in [0.717, 1.165) is 11.3 Å². The van der Waals surface area contributed by atoms with Gasteiger partial charge in [-0.3, -0.25) is 4.79 Å². The highest BCUT2D eigenvalue weighted by atomic mass is 35.5. The van der Waals surface area contributed by atoms with E-state index in [1.54, 1.807) is 0 Å². The highest BCUT2D eigenvalue weighted by Gasteiger charge is 2.36. The van der Waals surface area contributed by atoms with Gasteiger partial charge in [-0.1, -0.05) is 23.7 Å². The van der Waals surface area contributed by atoms with E-state index in [2.05, 4.69) is 10.3 Å². The SMILES string of the molecule is NC1(C(=O)Nc2nc(-c3cccc(Cl)c3)cs2)CCOCC1. The standard InChI is InChI=1S/C15H16ClN3O2S/c16-11-3-1-2-10(8-11)12-9-22-14(18-12)19-13(20)15(17)4-6-21-7-5-15/h1-3,8-9H,4-7,17H2,(H,18,19,20). The molecule has 7 heteroatoms. The number of hydrogen-bond donors (Lipinski definition) is 2. The van der Waals surface area contributed by atoms with Crippen LogP contribution in [-0.4, -0.2) is 29.6 Å². The molecule has 0 radical (unpaired) electrons. The van der Waals surface area contributed by atoms with Gasteiger partial charge in [-0.15, -0.1) is 11.3 Å². The Morgan fingerprint density at radius 3 is 2.91 bits per heavy atom. The second-order valence-electron chi connectivity index (χ2n) is 5.27. The fraction of sp³-hybridized carbons (Fsp3) is 0.333. The smallest absolute Gasteiger partial charge is 0.246 e. The predicted octanol–water partition coefficient (Wildman–Crippen LogP) is 2.91. The van der Waals surface area contributed by atoms with Gasteiger partial charge in [0.1, 0.15) is 5.54 Å². The molecule has 1 saturated heterocycles.